The highest BCUT2D eigenvalue weighted by Gasteiger charge is 2.35. The Morgan fingerprint density at radius 1 is 1.67 bits per heavy atom. The molecule has 2 rings (SSSR count). The molecule has 66 valence electrons. The Morgan fingerprint density at radius 3 is 3.25 bits per heavy atom. The summed E-state index contributed by atoms with van der Waals surface area (Å²) in [6, 6.07) is 0. The monoisotopic (exact) mass is 165 g/mol. The molecule has 1 aliphatic carbocycles. The molecule has 1 aliphatic heterocycles. The van der Waals surface area contributed by atoms with Crippen molar-refractivity contribution in [3.05, 3.63) is 11.6 Å². The van der Waals surface area contributed by atoms with Gasteiger partial charge in [-0.15, -0.1) is 0 Å². The molecule has 0 radical (unpaired) electrons. The van der Waals surface area contributed by atoms with Crippen molar-refractivity contribution in [1.29, 1.82) is 0 Å². The lowest BCUT2D eigenvalue weighted by Crippen LogP contribution is -2.21. The van der Waals surface area contributed by atoms with Gasteiger partial charge < -0.3 is 5.32 Å². The van der Waals surface area contributed by atoms with Gasteiger partial charge in [-0.3, -0.25) is 4.79 Å². The number of rotatable bonds is 1. The Bertz CT molecular complexity index is 232. The summed E-state index contributed by atoms with van der Waals surface area (Å²) in [6.45, 7) is 3.07. The van der Waals surface area contributed by atoms with Crippen molar-refractivity contribution >= 4 is 5.91 Å². The van der Waals surface area contributed by atoms with Crippen LogP contribution in [0.2, 0.25) is 0 Å². The Balaban J connectivity index is 2.12. The predicted molar refractivity (Wildman–Crippen MR) is 47.6 cm³/mol. The van der Waals surface area contributed by atoms with E-state index in [2.05, 4.69) is 18.3 Å². The molecular formula is C10H15NO. The van der Waals surface area contributed by atoms with Gasteiger partial charge in [0.05, 0.1) is 0 Å². The molecule has 2 aliphatic rings. The van der Waals surface area contributed by atoms with Crippen LogP contribution in [0.3, 0.4) is 0 Å². The highest BCUT2D eigenvalue weighted by Crippen LogP contribution is 2.33. The van der Waals surface area contributed by atoms with E-state index < -0.39 is 0 Å². The lowest BCUT2D eigenvalue weighted by molar-refractivity contribution is -0.123. The van der Waals surface area contributed by atoms with Crippen LogP contribution in [0.1, 0.15) is 26.2 Å². The van der Waals surface area contributed by atoms with E-state index in [1.54, 1.807) is 0 Å². The minimum Gasteiger partial charge on any atom is -0.356 e. The number of hydrogen-bond donors (Lipinski definition) is 1. The predicted octanol–water partition coefficient (Wildman–Crippen LogP) is 1.48. The third-order valence-electron chi connectivity index (χ3n) is 3.09. The van der Waals surface area contributed by atoms with Crippen molar-refractivity contribution in [2.45, 2.75) is 26.2 Å². The summed E-state index contributed by atoms with van der Waals surface area (Å²) < 4.78 is 0. The SMILES string of the molecule is CCC1=CCC2CNC(=O)C2C1. The second-order valence-corrected chi connectivity index (χ2v) is 3.77. The van der Waals surface area contributed by atoms with Crippen molar-refractivity contribution in [1.82, 2.24) is 5.32 Å². The van der Waals surface area contributed by atoms with Gasteiger partial charge in [0.2, 0.25) is 5.91 Å². The molecule has 1 heterocycles. The van der Waals surface area contributed by atoms with Crippen molar-refractivity contribution in [2.75, 3.05) is 6.54 Å². The summed E-state index contributed by atoms with van der Waals surface area (Å²) in [7, 11) is 0. The zero-order valence-electron chi connectivity index (χ0n) is 7.47. The zero-order chi connectivity index (χ0) is 8.55. The van der Waals surface area contributed by atoms with Gasteiger partial charge in [-0.2, -0.15) is 0 Å². The summed E-state index contributed by atoms with van der Waals surface area (Å²) >= 11 is 0. The Morgan fingerprint density at radius 2 is 2.50 bits per heavy atom. The Kier molecular flexibility index (Phi) is 1.91. The second kappa shape index (κ2) is 2.92. The number of hydrogen-bond acceptors (Lipinski definition) is 1. The van der Waals surface area contributed by atoms with Crippen molar-refractivity contribution in [3.63, 3.8) is 0 Å². The molecule has 0 saturated carbocycles. The summed E-state index contributed by atoms with van der Waals surface area (Å²) in [6.07, 6.45) is 5.54. The van der Waals surface area contributed by atoms with E-state index in [1.807, 2.05) is 0 Å². The van der Waals surface area contributed by atoms with Gasteiger partial charge >= 0.3 is 0 Å². The van der Waals surface area contributed by atoms with E-state index in [-0.39, 0.29) is 5.91 Å². The molecule has 1 amide bonds. The normalized spacial score (nSPS) is 34.1. The van der Waals surface area contributed by atoms with E-state index in [9.17, 15) is 4.79 Å². The number of carbonyl (C=O) groups is 1. The van der Waals surface area contributed by atoms with Crippen LogP contribution in [-0.2, 0) is 4.79 Å². The molecule has 2 heteroatoms. The van der Waals surface area contributed by atoms with E-state index in [4.69, 9.17) is 0 Å². The third-order valence-corrected chi connectivity index (χ3v) is 3.09. The third kappa shape index (κ3) is 1.15. The van der Waals surface area contributed by atoms with Gasteiger partial charge in [0.25, 0.3) is 0 Å². The van der Waals surface area contributed by atoms with Crippen LogP contribution in [0.5, 0.6) is 0 Å². The second-order valence-electron chi connectivity index (χ2n) is 3.77. The summed E-state index contributed by atoms with van der Waals surface area (Å²) in [5.74, 6) is 1.16. The zero-order valence-corrected chi connectivity index (χ0v) is 7.47. The number of carbonyl (C=O) groups excluding carboxylic acids is 1. The van der Waals surface area contributed by atoms with Gasteiger partial charge in [0.1, 0.15) is 0 Å². The lowest BCUT2D eigenvalue weighted by Gasteiger charge is -2.21. The van der Waals surface area contributed by atoms with Crippen LogP contribution < -0.4 is 5.32 Å². The maximum atomic E-state index is 11.3. The molecular weight excluding hydrogens is 150 g/mol. The smallest absolute Gasteiger partial charge is 0.223 e. The molecule has 1 N–H and O–H groups in total. The molecule has 0 aromatic carbocycles. The quantitative estimate of drug-likeness (QED) is 0.586. The molecule has 2 unspecified atom stereocenters. The first kappa shape index (κ1) is 7.84. The number of allylic oxidation sites excluding steroid dienone is 2. The molecule has 0 spiro atoms. The first-order chi connectivity index (χ1) is 5.81. The molecule has 2 atom stereocenters. The number of fused-ring (bicyclic) bond motifs is 1. The Hall–Kier alpha value is -0.790. The largest absolute Gasteiger partial charge is 0.356 e. The summed E-state index contributed by atoms with van der Waals surface area (Å²) in [4.78, 5) is 11.3. The van der Waals surface area contributed by atoms with Crippen molar-refractivity contribution in [2.24, 2.45) is 11.8 Å². The van der Waals surface area contributed by atoms with E-state index in [0.717, 1.165) is 25.8 Å². The fourth-order valence-corrected chi connectivity index (χ4v) is 2.20. The fourth-order valence-electron chi connectivity index (χ4n) is 2.20. The summed E-state index contributed by atoms with van der Waals surface area (Å²) in [5, 5.41) is 2.93. The standard InChI is InChI=1S/C10H15NO/c1-2-7-3-4-8-6-11-10(12)9(8)5-7/h3,8-9H,2,4-6H2,1H3,(H,11,12). The summed E-state index contributed by atoms with van der Waals surface area (Å²) in [5.41, 5.74) is 1.47. The van der Waals surface area contributed by atoms with Crippen LogP contribution in [0.15, 0.2) is 11.6 Å². The van der Waals surface area contributed by atoms with E-state index >= 15 is 0 Å². The lowest BCUT2D eigenvalue weighted by atomic mass is 9.81. The average Bonchev–Trinajstić information content (AvgIpc) is 2.47. The first-order valence-electron chi connectivity index (χ1n) is 4.77. The highest BCUT2D eigenvalue weighted by molar-refractivity contribution is 5.81. The fraction of sp³-hybridized carbons (Fsp3) is 0.700. The van der Waals surface area contributed by atoms with E-state index in [1.165, 1.54) is 5.57 Å². The number of nitrogens with one attached hydrogen (secondary N) is 1. The van der Waals surface area contributed by atoms with Crippen LogP contribution >= 0.6 is 0 Å². The minimum absolute atomic E-state index is 0.277. The molecule has 0 aromatic rings. The van der Waals surface area contributed by atoms with Gasteiger partial charge in [-0.25, -0.2) is 0 Å². The molecule has 12 heavy (non-hydrogen) atoms. The molecule has 0 bridgehead atoms. The van der Waals surface area contributed by atoms with Crippen LogP contribution in [0.25, 0.3) is 0 Å². The minimum atomic E-state index is 0.277. The van der Waals surface area contributed by atoms with Crippen molar-refractivity contribution < 1.29 is 4.79 Å². The molecule has 1 fully saturated rings. The van der Waals surface area contributed by atoms with Gasteiger partial charge in [-0.1, -0.05) is 18.6 Å². The molecule has 1 saturated heterocycles. The van der Waals surface area contributed by atoms with E-state index in [0.29, 0.717) is 11.8 Å². The maximum absolute atomic E-state index is 11.3. The van der Waals surface area contributed by atoms with Gasteiger partial charge in [-0.05, 0) is 25.2 Å². The maximum Gasteiger partial charge on any atom is 0.223 e. The van der Waals surface area contributed by atoms with Crippen molar-refractivity contribution in [3.8, 4) is 0 Å². The molecule has 2 nitrogen and oxygen atoms in total. The van der Waals surface area contributed by atoms with Crippen LogP contribution in [0, 0.1) is 11.8 Å². The average molecular weight is 165 g/mol. The Labute approximate surface area is 73.0 Å². The van der Waals surface area contributed by atoms with Gasteiger partial charge in [0.15, 0.2) is 0 Å². The van der Waals surface area contributed by atoms with Gasteiger partial charge in [0, 0.05) is 12.5 Å². The number of amides is 1. The topological polar surface area (TPSA) is 29.1 Å². The first-order valence-corrected chi connectivity index (χ1v) is 4.77. The highest BCUT2D eigenvalue weighted by atomic mass is 16.2. The van der Waals surface area contributed by atoms with Crippen LogP contribution in [-0.4, -0.2) is 12.5 Å². The van der Waals surface area contributed by atoms with Crippen LogP contribution in [0.4, 0.5) is 0 Å². The molecule has 0 aromatic heterocycles.